The summed E-state index contributed by atoms with van der Waals surface area (Å²) < 4.78 is 6.69. The molecule has 0 unspecified atom stereocenters. The van der Waals surface area contributed by atoms with Crippen LogP contribution in [-0.2, 0) is 17.7 Å². The highest BCUT2D eigenvalue weighted by Gasteiger charge is 2.20. The fraction of sp³-hybridized carbons (Fsp3) is 0.692. The fourth-order valence-electron chi connectivity index (χ4n) is 1.95. The first-order valence-corrected chi connectivity index (χ1v) is 7.10. The monoisotopic (exact) mass is 286 g/mol. The minimum Gasteiger partial charge on any atom is -0.381 e. The van der Waals surface area contributed by atoms with E-state index in [1.165, 1.54) is 17.4 Å². The maximum absolute atomic E-state index is 12.0. The molecule has 1 aromatic rings. The molecule has 1 saturated carbocycles. The Labute approximate surface area is 116 Å². The van der Waals surface area contributed by atoms with Gasteiger partial charge in [0.15, 0.2) is 0 Å². The Morgan fingerprint density at radius 1 is 1.42 bits per heavy atom. The van der Waals surface area contributed by atoms with E-state index in [1.54, 1.807) is 0 Å². The molecular weight excluding hydrogens is 268 g/mol. The van der Waals surface area contributed by atoms with Crippen LogP contribution in [0.4, 0.5) is 0 Å². The molecule has 0 aromatic carbocycles. The molecular formula is C13H19ClN2O3. The van der Waals surface area contributed by atoms with Gasteiger partial charge in [-0.25, -0.2) is 4.79 Å². The molecule has 6 heteroatoms. The van der Waals surface area contributed by atoms with Crippen LogP contribution in [0.5, 0.6) is 0 Å². The van der Waals surface area contributed by atoms with E-state index >= 15 is 0 Å². The molecule has 1 aromatic heterocycles. The van der Waals surface area contributed by atoms with Crippen LogP contribution in [0.1, 0.15) is 31.7 Å². The van der Waals surface area contributed by atoms with Crippen molar-refractivity contribution in [3.05, 3.63) is 31.6 Å². The van der Waals surface area contributed by atoms with Gasteiger partial charge in [-0.15, -0.1) is 0 Å². The molecule has 5 nitrogen and oxygen atoms in total. The van der Waals surface area contributed by atoms with E-state index in [2.05, 4.69) is 4.98 Å². The van der Waals surface area contributed by atoms with Gasteiger partial charge in [-0.1, -0.05) is 18.5 Å². The molecule has 0 atom stereocenters. The molecule has 0 saturated heterocycles. The summed E-state index contributed by atoms with van der Waals surface area (Å²) in [7, 11) is 0. The number of aromatic nitrogens is 2. The standard InChI is InChI=1S/C13H19ClN2O3/c1-2-10-11(14)15-13(18)16(12(10)17)6-3-7-19-8-9-4-5-9/h9H,2-8H2,1H3,(H,15,18). The summed E-state index contributed by atoms with van der Waals surface area (Å²) >= 11 is 5.84. The van der Waals surface area contributed by atoms with Crippen LogP contribution >= 0.6 is 11.6 Å². The van der Waals surface area contributed by atoms with Gasteiger partial charge in [0.2, 0.25) is 0 Å². The van der Waals surface area contributed by atoms with Crippen molar-refractivity contribution in [3.8, 4) is 0 Å². The van der Waals surface area contributed by atoms with Crippen LogP contribution in [0, 0.1) is 5.92 Å². The van der Waals surface area contributed by atoms with E-state index in [1.807, 2.05) is 6.92 Å². The Hall–Kier alpha value is -1.07. The van der Waals surface area contributed by atoms with Crippen LogP contribution < -0.4 is 11.2 Å². The molecule has 19 heavy (non-hydrogen) atoms. The third-order valence-corrected chi connectivity index (χ3v) is 3.63. The number of rotatable bonds is 7. The van der Waals surface area contributed by atoms with E-state index in [-0.39, 0.29) is 10.7 Å². The average Bonchev–Trinajstić information content (AvgIpc) is 3.16. The number of ether oxygens (including phenoxy) is 1. The third-order valence-electron chi connectivity index (χ3n) is 3.30. The first kappa shape index (κ1) is 14.3. The predicted octanol–water partition coefficient (Wildman–Crippen LogP) is 1.57. The molecule has 0 spiro atoms. The Morgan fingerprint density at radius 3 is 2.79 bits per heavy atom. The van der Waals surface area contributed by atoms with E-state index in [9.17, 15) is 9.59 Å². The maximum atomic E-state index is 12.0. The number of H-pyrrole nitrogens is 1. The Balaban J connectivity index is 1.94. The van der Waals surface area contributed by atoms with Gasteiger partial charge in [0.05, 0.1) is 5.56 Å². The summed E-state index contributed by atoms with van der Waals surface area (Å²) in [5.74, 6) is 0.730. The lowest BCUT2D eigenvalue weighted by atomic mass is 10.2. The minimum atomic E-state index is -0.450. The maximum Gasteiger partial charge on any atom is 0.329 e. The lowest BCUT2D eigenvalue weighted by molar-refractivity contribution is 0.119. The first-order chi connectivity index (χ1) is 9.13. The zero-order chi connectivity index (χ0) is 13.8. The van der Waals surface area contributed by atoms with Gasteiger partial charge < -0.3 is 4.74 Å². The Morgan fingerprint density at radius 2 is 2.16 bits per heavy atom. The normalized spacial score (nSPS) is 14.8. The van der Waals surface area contributed by atoms with Crippen molar-refractivity contribution < 1.29 is 4.74 Å². The highest BCUT2D eigenvalue weighted by Crippen LogP contribution is 2.28. The van der Waals surface area contributed by atoms with E-state index in [0.29, 0.717) is 31.6 Å². The molecule has 0 radical (unpaired) electrons. The molecule has 1 heterocycles. The summed E-state index contributed by atoms with van der Waals surface area (Å²) in [6.45, 7) is 3.57. The summed E-state index contributed by atoms with van der Waals surface area (Å²) in [6, 6.07) is 0. The van der Waals surface area contributed by atoms with E-state index < -0.39 is 5.69 Å². The molecule has 1 N–H and O–H groups in total. The van der Waals surface area contributed by atoms with Crippen LogP contribution in [0.25, 0.3) is 0 Å². The molecule has 0 aliphatic heterocycles. The smallest absolute Gasteiger partial charge is 0.329 e. The van der Waals surface area contributed by atoms with Crippen LogP contribution in [-0.4, -0.2) is 22.8 Å². The van der Waals surface area contributed by atoms with Gasteiger partial charge in [0, 0.05) is 19.8 Å². The summed E-state index contributed by atoms with van der Waals surface area (Å²) in [5, 5.41) is 0.152. The largest absolute Gasteiger partial charge is 0.381 e. The quantitative estimate of drug-likeness (QED) is 0.611. The van der Waals surface area contributed by atoms with Crippen LogP contribution in [0.3, 0.4) is 0 Å². The molecule has 0 amide bonds. The van der Waals surface area contributed by atoms with Gasteiger partial charge in [0.1, 0.15) is 5.15 Å². The highest BCUT2D eigenvalue weighted by molar-refractivity contribution is 6.30. The zero-order valence-corrected chi connectivity index (χ0v) is 11.8. The molecule has 1 aliphatic rings. The van der Waals surface area contributed by atoms with Gasteiger partial charge in [-0.3, -0.25) is 14.3 Å². The van der Waals surface area contributed by atoms with Crippen molar-refractivity contribution in [2.24, 2.45) is 5.92 Å². The Kier molecular flexibility index (Phi) is 4.82. The average molecular weight is 287 g/mol. The van der Waals surface area contributed by atoms with Gasteiger partial charge in [-0.05, 0) is 31.6 Å². The number of halogens is 1. The molecule has 2 rings (SSSR count). The van der Waals surface area contributed by atoms with Gasteiger partial charge >= 0.3 is 5.69 Å². The second-order valence-corrected chi connectivity index (χ2v) is 5.28. The number of hydrogen-bond acceptors (Lipinski definition) is 3. The van der Waals surface area contributed by atoms with Crippen molar-refractivity contribution in [1.29, 1.82) is 0 Å². The minimum absolute atomic E-state index is 0.152. The second-order valence-electron chi connectivity index (χ2n) is 4.90. The van der Waals surface area contributed by atoms with E-state index in [4.69, 9.17) is 16.3 Å². The fourth-order valence-corrected chi connectivity index (χ4v) is 2.25. The molecule has 1 fully saturated rings. The van der Waals surface area contributed by atoms with Crippen molar-refractivity contribution in [3.63, 3.8) is 0 Å². The lowest BCUT2D eigenvalue weighted by Crippen LogP contribution is -2.37. The molecule has 1 aliphatic carbocycles. The number of aromatic amines is 1. The van der Waals surface area contributed by atoms with Crippen molar-refractivity contribution in [2.75, 3.05) is 13.2 Å². The van der Waals surface area contributed by atoms with Gasteiger partial charge in [0.25, 0.3) is 5.56 Å². The van der Waals surface area contributed by atoms with Crippen LogP contribution in [0.15, 0.2) is 9.59 Å². The first-order valence-electron chi connectivity index (χ1n) is 6.72. The number of hydrogen-bond donors (Lipinski definition) is 1. The summed E-state index contributed by atoms with van der Waals surface area (Å²) in [4.78, 5) is 26.2. The topological polar surface area (TPSA) is 64.1 Å². The van der Waals surface area contributed by atoms with Crippen molar-refractivity contribution in [1.82, 2.24) is 9.55 Å². The molecule has 106 valence electrons. The molecule has 0 bridgehead atoms. The zero-order valence-electron chi connectivity index (χ0n) is 11.1. The third kappa shape index (κ3) is 3.70. The van der Waals surface area contributed by atoms with E-state index in [0.717, 1.165) is 12.5 Å². The SMILES string of the molecule is CCc1c(Cl)[nH]c(=O)n(CCCOCC2CC2)c1=O. The number of nitrogens with one attached hydrogen (secondary N) is 1. The summed E-state index contributed by atoms with van der Waals surface area (Å²) in [5.41, 5.74) is -0.284. The summed E-state index contributed by atoms with van der Waals surface area (Å²) in [6.07, 6.45) is 3.68. The predicted molar refractivity (Wildman–Crippen MR) is 73.9 cm³/mol. The van der Waals surface area contributed by atoms with Crippen LogP contribution in [0.2, 0.25) is 5.15 Å². The van der Waals surface area contributed by atoms with Crippen molar-refractivity contribution in [2.45, 2.75) is 39.2 Å². The highest BCUT2D eigenvalue weighted by atomic mass is 35.5. The second kappa shape index (κ2) is 6.39. The Bertz CT molecular complexity index is 546. The van der Waals surface area contributed by atoms with Gasteiger partial charge in [-0.2, -0.15) is 0 Å². The number of nitrogens with zero attached hydrogens (tertiary/aromatic N) is 1. The van der Waals surface area contributed by atoms with Crippen molar-refractivity contribution >= 4 is 11.6 Å². The lowest BCUT2D eigenvalue weighted by Gasteiger charge is -2.08.